The minimum Gasteiger partial charge on any atom is -0.493 e. The van der Waals surface area contributed by atoms with Gasteiger partial charge in [-0.15, -0.1) is 0 Å². The molecule has 0 unspecified atom stereocenters. The maximum Gasteiger partial charge on any atom is 0.270 e. The normalized spacial score (nSPS) is 11.9. The molecule has 4 rings (SSSR count). The highest BCUT2D eigenvalue weighted by molar-refractivity contribution is 6.30. The first-order valence-electron chi connectivity index (χ1n) is 15.1. The van der Waals surface area contributed by atoms with E-state index in [1.54, 1.807) is 35.0 Å². The number of unbranched alkanes of at least 4 members (excludes halogenated alkanes) is 1. The molecule has 0 bridgehead atoms. The Morgan fingerprint density at radius 2 is 1.58 bits per heavy atom. The van der Waals surface area contributed by atoms with E-state index in [2.05, 4.69) is 70.2 Å². The predicted molar refractivity (Wildman–Crippen MR) is 174 cm³/mol. The van der Waals surface area contributed by atoms with Gasteiger partial charge in [0.2, 0.25) is 0 Å². The standard InChI is InChI=1S/C36H43ClFN3O2/c1-7-35(3,4)26-13-20-33(30(23-26)36(5,6)8-2)43-22-10-9-21-39-34(42)32-24-31(25-11-16-28(38)17-12-25)40-41(32)29-18-14-27(37)15-19-29/h11-20,23-24H,7-10,21-22H2,1-6H3,(H,39,42). The van der Waals surface area contributed by atoms with Crippen LogP contribution in [0.3, 0.4) is 0 Å². The van der Waals surface area contributed by atoms with Gasteiger partial charge >= 0.3 is 0 Å². The van der Waals surface area contributed by atoms with E-state index in [0.29, 0.717) is 35.2 Å². The maximum atomic E-state index is 13.5. The highest BCUT2D eigenvalue weighted by Crippen LogP contribution is 2.38. The molecule has 5 nitrogen and oxygen atoms in total. The second kappa shape index (κ2) is 13.8. The average Bonchev–Trinajstić information content (AvgIpc) is 3.45. The summed E-state index contributed by atoms with van der Waals surface area (Å²) in [7, 11) is 0. The number of carbonyl (C=O) groups excluding carboxylic acids is 1. The van der Waals surface area contributed by atoms with Crippen molar-refractivity contribution in [2.24, 2.45) is 0 Å². The second-order valence-corrected chi connectivity index (χ2v) is 12.7. The second-order valence-electron chi connectivity index (χ2n) is 12.3. The SMILES string of the molecule is CCC(C)(C)c1ccc(OCCCCNC(=O)c2cc(-c3ccc(F)cc3)nn2-c2ccc(Cl)cc2)c(C(C)(C)CC)c1. The monoisotopic (exact) mass is 603 g/mol. The van der Waals surface area contributed by atoms with E-state index < -0.39 is 0 Å². The third-order valence-corrected chi connectivity index (χ3v) is 8.78. The van der Waals surface area contributed by atoms with Crippen LogP contribution < -0.4 is 10.1 Å². The molecule has 0 spiro atoms. The first-order valence-corrected chi connectivity index (χ1v) is 15.5. The summed E-state index contributed by atoms with van der Waals surface area (Å²) in [5.41, 5.74) is 5.08. The van der Waals surface area contributed by atoms with Crippen molar-refractivity contribution in [3.05, 3.63) is 100 Å². The third-order valence-electron chi connectivity index (χ3n) is 8.53. The smallest absolute Gasteiger partial charge is 0.270 e. The Kier molecular flexibility index (Phi) is 10.3. The Hall–Kier alpha value is -3.64. The Bertz CT molecular complexity index is 1530. The molecule has 0 atom stereocenters. The van der Waals surface area contributed by atoms with Gasteiger partial charge in [-0.2, -0.15) is 5.10 Å². The summed E-state index contributed by atoms with van der Waals surface area (Å²) < 4.78 is 21.4. The number of halogens is 2. The molecule has 0 saturated heterocycles. The summed E-state index contributed by atoms with van der Waals surface area (Å²) in [5, 5.41) is 8.27. The molecule has 0 aliphatic carbocycles. The van der Waals surface area contributed by atoms with E-state index in [4.69, 9.17) is 16.3 Å². The highest BCUT2D eigenvalue weighted by Gasteiger charge is 2.26. The number of rotatable bonds is 13. The van der Waals surface area contributed by atoms with Crippen LogP contribution >= 0.6 is 11.6 Å². The van der Waals surface area contributed by atoms with Crippen molar-refractivity contribution in [3.8, 4) is 22.7 Å². The number of benzene rings is 3. The van der Waals surface area contributed by atoms with Crippen LogP contribution in [-0.2, 0) is 10.8 Å². The van der Waals surface area contributed by atoms with Crippen LogP contribution in [0.5, 0.6) is 5.75 Å². The van der Waals surface area contributed by atoms with Crippen molar-refractivity contribution in [3.63, 3.8) is 0 Å². The summed E-state index contributed by atoms with van der Waals surface area (Å²) >= 11 is 6.08. The average molecular weight is 604 g/mol. The minimum atomic E-state index is -0.328. The van der Waals surface area contributed by atoms with Crippen molar-refractivity contribution < 1.29 is 13.9 Å². The van der Waals surface area contributed by atoms with Gasteiger partial charge in [0.15, 0.2) is 0 Å². The van der Waals surface area contributed by atoms with Gasteiger partial charge in [0.05, 0.1) is 18.0 Å². The number of nitrogens with one attached hydrogen (secondary N) is 1. The molecule has 1 amide bonds. The van der Waals surface area contributed by atoms with Crippen LogP contribution in [0.2, 0.25) is 5.02 Å². The lowest BCUT2D eigenvalue weighted by atomic mass is 9.76. The van der Waals surface area contributed by atoms with Crippen LogP contribution in [0, 0.1) is 5.82 Å². The Balaban J connectivity index is 1.40. The fraction of sp³-hybridized carbons (Fsp3) is 0.389. The summed E-state index contributed by atoms with van der Waals surface area (Å²) in [4.78, 5) is 13.3. The molecule has 43 heavy (non-hydrogen) atoms. The van der Waals surface area contributed by atoms with Crippen LogP contribution in [0.1, 0.15) is 88.8 Å². The number of nitrogens with zero attached hydrogens (tertiary/aromatic N) is 2. The number of hydrogen-bond acceptors (Lipinski definition) is 3. The molecule has 7 heteroatoms. The number of aromatic nitrogens is 2. The molecule has 0 saturated carbocycles. The van der Waals surface area contributed by atoms with Crippen LogP contribution in [0.25, 0.3) is 16.9 Å². The van der Waals surface area contributed by atoms with Gasteiger partial charge in [-0.25, -0.2) is 9.07 Å². The molecule has 0 fully saturated rings. The Morgan fingerprint density at radius 1 is 0.907 bits per heavy atom. The van der Waals surface area contributed by atoms with E-state index in [9.17, 15) is 9.18 Å². The number of hydrogen-bond donors (Lipinski definition) is 1. The van der Waals surface area contributed by atoms with Crippen molar-refractivity contribution in [1.29, 1.82) is 0 Å². The fourth-order valence-electron chi connectivity index (χ4n) is 4.79. The zero-order valence-electron chi connectivity index (χ0n) is 26.1. The summed E-state index contributed by atoms with van der Waals surface area (Å²) in [6.45, 7) is 14.6. The zero-order chi connectivity index (χ0) is 31.2. The Labute approximate surface area is 260 Å². The van der Waals surface area contributed by atoms with E-state index in [1.807, 2.05) is 12.1 Å². The molecular weight excluding hydrogens is 561 g/mol. The summed E-state index contributed by atoms with van der Waals surface area (Å²) in [6, 6.07) is 21.5. The van der Waals surface area contributed by atoms with Gasteiger partial charge in [0, 0.05) is 22.7 Å². The highest BCUT2D eigenvalue weighted by atomic mass is 35.5. The summed E-state index contributed by atoms with van der Waals surface area (Å²) in [6.07, 6.45) is 3.64. The lowest BCUT2D eigenvalue weighted by molar-refractivity contribution is 0.0944. The van der Waals surface area contributed by atoms with E-state index in [1.165, 1.54) is 23.3 Å². The van der Waals surface area contributed by atoms with Crippen LogP contribution in [-0.4, -0.2) is 28.8 Å². The molecule has 1 heterocycles. The van der Waals surface area contributed by atoms with Gasteiger partial charge in [-0.3, -0.25) is 4.79 Å². The molecule has 0 aliphatic heterocycles. The molecule has 3 aromatic carbocycles. The molecule has 0 aliphatic rings. The van der Waals surface area contributed by atoms with Crippen molar-refractivity contribution in [2.75, 3.05) is 13.2 Å². The van der Waals surface area contributed by atoms with E-state index in [0.717, 1.165) is 37.0 Å². The van der Waals surface area contributed by atoms with Gasteiger partial charge in [0.1, 0.15) is 17.3 Å². The van der Waals surface area contributed by atoms with Gasteiger partial charge in [-0.05, 0) is 103 Å². The number of carbonyl (C=O) groups is 1. The summed E-state index contributed by atoms with van der Waals surface area (Å²) in [5.74, 6) is 0.371. The largest absolute Gasteiger partial charge is 0.493 e. The van der Waals surface area contributed by atoms with E-state index >= 15 is 0 Å². The maximum absolute atomic E-state index is 13.5. The topological polar surface area (TPSA) is 56.1 Å². The molecule has 4 aromatic rings. The van der Waals surface area contributed by atoms with Crippen molar-refractivity contribution in [2.45, 2.75) is 78.1 Å². The fourth-order valence-corrected chi connectivity index (χ4v) is 4.91. The third kappa shape index (κ3) is 7.85. The Morgan fingerprint density at radius 3 is 2.23 bits per heavy atom. The first-order chi connectivity index (χ1) is 20.4. The molecule has 1 aromatic heterocycles. The number of ether oxygens (including phenoxy) is 1. The molecule has 1 N–H and O–H groups in total. The quantitative estimate of drug-likeness (QED) is 0.155. The molecule has 0 radical (unpaired) electrons. The zero-order valence-corrected chi connectivity index (χ0v) is 26.9. The number of amides is 1. The lowest BCUT2D eigenvalue weighted by Crippen LogP contribution is -2.27. The molecule has 228 valence electrons. The molecular formula is C36H43ClFN3O2. The van der Waals surface area contributed by atoms with E-state index in [-0.39, 0.29) is 22.6 Å². The lowest BCUT2D eigenvalue weighted by Gasteiger charge is -2.30. The van der Waals surface area contributed by atoms with Crippen molar-refractivity contribution in [1.82, 2.24) is 15.1 Å². The minimum absolute atomic E-state index is 0.00292. The van der Waals surface area contributed by atoms with Gasteiger partial charge < -0.3 is 10.1 Å². The van der Waals surface area contributed by atoms with Crippen molar-refractivity contribution >= 4 is 17.5 Å². The van der Waals surface area contributed by atoms with Gasteiger partial charge in [-0.1, -0.05) is 65.3 Å². The first kappa shape index (κ1) is 32.3. The van der Waals surface area contributed by atoms with Crippen LogP contribution in [0.15, 0.2) is 72.8 Å². The van der Waals surface area contributed by atoms with Gasteiger partial charge in [0.25, 0.3) is 5.91 Å². The van der Waals surface area contributed by atoms with Crippen LogP contribution in [0.4, 0.5) is 4.39 Å². The predicted octanol–water partition coefficient (Wildman–Crippen LogP) is 9.30.